The number of ether oxygens (including phenoxy) is 2. The van der Waals surface area contributed by atoms with Gasteiger partial charge in [0.05, 0.1) is 0 Å². The van der Waals surface area contributed by atoms with E-state index in [-0.39, 0.29) is 11.7 Å². The molecular formula is C22H19NO7. The van der Waals surface area contributed by atoms with Crippen molar-refractivity contribution in [3.63, 3.8) is 0 Å². The zero-order valence-corrected chi connectivity index (χ0v) is 16.4. The zero-order chi connectivity index (χ0) is 21.7. The Morgan fingerprint density at radius 3 is 2.43 bits per heavy atom. The van der Waals surface area contributed by atoms with Crippen LogP contribution in [0.1, 0.15) is 22.8 Å². The SMILES string of the molecule is CC(=O)Nc1ccc(C(=O)COC(=O)COc2ccc3c(C)cc(=O)oc3c2)cc1. The van der Waals surface area contributed by atoms with Crippen LogP contribution in [0.25, 0.3) is 11.0 Å². The first kappa shape index (κ1) is 20.8. The number of aryl methyl sites for hydroxylation is 1. The lowest BCUT2D eigenvalue weighted by Crippen LogP contribution is -2.19. The van der Waals surface area contributed by atoms with Gasteiger partial charge in [0.2, 0.25) is 5.91 Å². The van der Waals surface area contributed by atoms with Gasteiger partial charge in [0.25, 0.3) is 0 Å². The minimum absolute atomic E-state index is 0.216. The second kappa shape index (κ2) is 9.04. The summed E-state index contributed by atoms with van der Waals surface area (Å²) in [6.45, 7) is 2.33. The monoisotopic (exact) mass is 409 g/mol. The van der Waals surface area contributed by atoms with Crippen molar-refractivity contribution in [1.82, 2.24) is 0 Å². The number of carbonyl (C=O) groups is 3. The molecule has 0 bridgehead atoms. The van der Waals surface area contributed by atoms with Gasteiger partial charge < -0.3 is 19.2 Å². The van der Waals surface area contributed by atoms with Crippen LogP contribution in [-0.4, -0.2) is 30.9 Å². The molecule has 154 valence electrons. The maximum atomic E-state index is 12.1. The topological polar surface area (TPSA) is 112 Å². The van der Waals surface area contributed by atoms with Gasteiger partial charge in [-0.1, -0.05) is 0 Å². The van der Waals surface area contributed by atoms with Gasteiger partial charge in [-0.25, -0.2) is 9.59 Å². The zero-order valence-electron chi connectivity index (χ0n) is 16.4. The molecule has 0 aliphatic rings. The fourth-order valence-corrected chi connectivity index (χ4v) is 2.75. The highest BCUT2D eigenvalue weighted by molar-refractivity contribution is 5.98. The van der Waals surface area contributed by atoms with Gasteiger partial charge in [-0.05, 0) is 48.9 Å². The van der Waals surface area contributed by atoms with Crippen molar-refractivity contribution in [2.24, 2.45) is 0 Å². The van der Waals surface area contributed by atoms with E-state index in [4.69, 9.17) is 13.9 Å². The molecule has 0 aliphatic carbocycles. The number of hydrogen-bond donors (Lipinski definition) is 1. The molecule has 8 heteroatoms. The summed E-state index contributed by atoms with van der Waals surface area (Å²) in [5, 5.41) is 3.36. The van der Waals surface area contributed by atoms with E-state index in [0.717, 1.165) is 10.9 Å². The minimum Gasteiger partial charge on any atom is -0.482 e. The maximum Gasteiger partial charge on any atom is 0.344 e. The molecule has 0 fully saturated rings. The standard InChI is InChI=1S/C22H19NO7/c1-13-9-21(26)30-20-10-17(7-8-18(13)20)28-12-22(27)29-11-19(25)15-3-5-16(6-4-15)23-14(2)24/h3-10H,11-12H2,1-2H3,(H,23,24). The molecule has 0 unspecified atom stereocenters. The third-order valence-electron chi connectivity index (χ3n) is 4.17. The number of amides is 1. The Morgan fingerprint density at radius 1 is 1.00 bits per heavy atom. The highest BCUT2D eigenvalue weighted by Crippen LogP contribution is 2.22. The Kier molecular flexibility index (Phi) is 6.26. The van der Waals surface area contributed by atoms with E-state index < -0.39 is 24.8 Å². The first-order valence-electron chi connectivity index (χ1n) is 9.05. The summed E-state index contributed by atoms with van der Waals surface area (Å²) in [4.78, 5) is 46.5. The highest BCUT2D eigenvalue weighted by atomic mass is 16.6. The van der Waals surface area contributed by atoms with E-state index in [9.17, 15) is 19.2 Å². The Balaban J connectivity index is 1.52. The van der Waals surface area contributed by atoms with Gasteiger partial charge in [0, 0.05) is 35.7 Å². The summed E-state index contributed by atoms with van der Waals surface area (Å²) in [6.07, 6.45) is 0. The van der Waals surface area contributed by atoms with Gasteiger partial charge in [-0.3, -0.25) is 9.59 Å². The number of nitrogens with one attached hydrogen (secondary N) is 1. The fraction of sp³-hybridized carbons (Fsp3) is 0.182. The summed E-state index contributed by atoms with van der Waals surface area (Å²) in [7, 11) is 0. The van der Waals surface area contributed by atoms with E-state index in [1.165, 1.54) is 31.2 Å². The van der Waals surface area contributed by atoms with E-state index in [2.05, 4.69) is 5.32 Å². The molecule has 0 radical (unpaired) electrons. The summed E-state index contributed by atoms with van der Waals surface area (Å²) >= 11 is 0. The minimum atomic E-state index is -0.719. The van der Waals surface area contributed by atoms with Gasteiger partial charge in [-0.15, -0.1) is 0 Å². The van der Waals surface area contributed by atoms with Crippen molar-refractivity contribution < 1.29 is 28.3 Å². The number of Topliss-reactive ketones (excluding diaryl/α,β-unsaturated/α-hetero) is 1. The van der Waals surface area contributed by atoms with Crippen molar-refractivity contribution in [3.8, 4) is 5.75 Å². The van der Waals surface area contributed by atoms with Crippen LogP contribution in [0.3, 0.4) is 0 Å². The smallest absolute Gasteiger partial charge is 0.344 e. The predicted octanol–water partition coefficient (Wildman–Crippen LogP) is 2.86. The van der Waals surface area contributed by atoms with Crippen LogP contribution < -0.4 is 15.7 Å². The summed E-state index contributed by atoms with van der Waals surface area (Å²) in [5.41, 5.74) is 1.56. The number of rotatable bonds is 7. The number of hydrogen-bond acceptors (Lipinski definition) is 7. The average molecular weight is 409 g/mol. The molecule has 0 aliphatic heterocycles. The van der Waals surface area contributed by atoms with E-state index in [1.807, 2.05) is 0 Å². The molecular weight excluding hydrogens is 390 g/mol. The molecule has 0 saturated carbocycles. The van der Waals surface area contributed by atoms with Crippen LogP contribution in [0.2, 0.25) is 0 Å². The van der Waals surface area contributed by atoms with Gasteiger partial charge in [-0.2, -0.15) is 0 Å². The molecule has 3 rings (SSSR count). The average Bonchev–Trinajstić information content (AvgIpc) is 2.70. The number of fused-ring (bicyclic) bond motifs is 1. The normalized spacial score (nSPS) is 10.5. The molecule has 30 heavy (non-hydrogen) atoms. The third kappa shape index (κ3) is 5.32. The summed E-state index contributed by atoms with van der Waals surface area (Å²) in [5.74, 6) is -0.996. The van der Waals surface area contributed by atoms with E-state index in [1.54, 1.807) is 31.2 Å². The maximum absolute atomic E-state index is 12.1. The van der Waals surface area contributed by atoms with Crippen molar-refractivity contribution in [3.05, 3.63) is 70.1 Å². The lowest BCUT2D eigenvalue weighted by molar-refractivity contribution is -0.144. The molecule has 1 amide bonds. The summed E-state index contributed by atoms with van der Waals surface area (Å²) in [6, 6.07) is 12.5. The van der Waals surface area contributed by atoms with Crippen molar-refractivity contribution in [2.45, 2.75) is 13.8 Å². The molecule has 3 aromatic rings. The number of ketones is 1. The second-order valence-corrected chi connectivity index (χ2v) is 6.54. The van der Waals surface area contributed by atoms with E-state index in [0.29, 0.717) is 22.6 Å². The van der Waals surface area contributed by atoms with Gasteiger partial charge in [0.15, 0.2) is 19.0 Å². The van der Waals surface area contributed by atoms with Crippen LogP contribution in [-0.2, 0) is 14.3 Å². The fourth-order valence-electron chi connectivity index (χ4n) is 2.75. The quantitative estimate of drug-likeness (QED) is 0.363. The third-order valence-corrected chi connectivity index (χ3v) is 4.17. The molecule has 0 atom stereocenters. The Labute approximate surface area is 171 Å². The number of benzene rings is 2. The van der Waals surface area contributed by atoms with Crippen molar-refractivity contribution in [1.29, 1.82) is 0 Å². The number of esters is 1. The molecule has 0 saturated heterocycles. The second-order valence-electron chi connectivity index (χ2n) is 6.54. The highest BCUT2D eigenvalue weighted by Gasteiger charge is 2.12. The Hall–Kier alpha value is -3.94. The van der Waals surface area contributed by atoms with Gasteiger partial charge in [0.1, 0.15) is 11.3 Å². The van der Waals surface area contributed by atoms with Crippen molar-refractivity contribution in [2.75, 3.05) is 18.5 Å². The van der Waals surface area contributed by atoms with Crippen LogP contribution in [0.4, 0.5) is 5.69 Å². The first-order chi connectivity index (χ1) is 14.3. The predicted molar refractivity (Wildman–Crippen MR) is 109 cm³/mol. The lowest BCUT2D eigenvalue weighted by Gasteiger charge is -2.08. The largest absolute Gasteiger partial charge is 0.482 e. The molecule has 1 N–H and O–H groups in total. The molecule has 8 nitrogen and oxygen atoms in total. The van der Waals surface area contributed by atoms with Crippen molar-refractivity contribution >= 4 is 34.3 Å². The molecule has 1 heterocycles. The summed E-state index contributed by atoms with van der Waals surface area (Å²) < 4.78 is 15.4. The van der Waals surface area contributed by atoms with E-state index >= 15 is 0 Å². The molecule has 2 aromatic carbocycles. The lowest BCUT2D eigenvalue weighted by atomic mass is 10.1. The molecule has 0 spiro atoms. The number of anilines is 1. The Morgan fingerprint density at radius 2 is 1.73 bits per heavy atom. The van der Waals surface area contributed by atoms with Crippen LogP contribution >= 0.6 is 0 Å². The van der Waals surface area contributed by atoms with Crippen LogP contribution in [0, 0.1) is 6.92 Å². The Bertz CT molecular complexity index is 1160. The first-order valence-corrected chi connectivity index (χ1v) is 9.05. The van der Waals surface area contributed by atoms with Crippen LogP contribution in [0.15, 0.2) is 57.7 Å². The van der Waals surface area contributed by atoms with Gasteiger partial charge >= 0.3 is 11.6 Å². The van der Waals surface area contributed by atoms with Crippen LogP contribution in [0.5, 0.6) is 5.75 Å². The molecule has 1 aromatic heterocycles. The number of carbonyl (C=O) groups excluding carboxylic acids is 3.